The number of hydrogen-bond donors (Lipinski definition) is 0. The van der Waals surface area contributed by atoms with Crippen LogP contribution in [0.25, 0.3) is 0 Å². The van der Waals surface area contributed by atoms with Gasteiger partial charge in [0.2, 0.25) is 0 Å². The van der Waals surface area contributed by atoms with E-state index in [4.69, 9.17) is 4.74 Å². The van der Waals surface area contributed by atoms with Crippen molar-refractivity contribution in [3.05, 3.63) is 29.8 Å². The monoisotopic (exact) mass is 413 g/mol. The molecule has 1 aromatic rings. The smallest absolute Gasteiger partial charge is 0.410 e. The first kappa shape index (κ1) is 21.2. The first-order valence-corrected chi connectivity index (χ1v) is 11.7. The Hall–Kier alpha value is -2.08. The van der Waals surface area contributed by atoms with Crippen LogP contribution in [0.3, 0.4) is 0 Å². The highest BCUT2D eigenvalue weighted by molar-refractivity contribution is 5.96. The van der Waals surface area contributed by atoms with Crippen molar-refractivity contribution in [1.82, 2.24) is 9.80 Å². The molecule has 164 valence electrons. The summed E-state index contributed by atoms with van der Waals surface area (Å²) in [5.74, 6) is 0.211. The molecule has 2 heterocycles. The summed E-state index contributed by atoms with van der Waals surface area (Å²) in [5.41, 5.74) is 1.93. The highest BCUT2D eigenvalue weighted by atomic mass is 16.6. The Morgan fingerprint density at radius 2 is 1.60 bits per heavy atom. The SMILES string of the molecule is CCCC(=O)c1ccc(N2CCC(OC(=O)N3CCN(C4CCC4)CC3)CC2)cc1. The number of piperazine rings is 1. The molecule has 30 heavy (non-hydrogen) atoms. The van der Waals surface area contributed by atoms with Crippen molar-refractivity contribution in [3.63, 3.8) is 0 Å². The van der Waals surface area contributed by atoms with Gasteiger partial charge in [0.1, 0.15) is 6.10 Å². The van der Waals surface area contributed by atoms with Crippen molar-refractivity contribution < 1.29 is 14.3 Å². The molecular weight excluding hydrogens is 378 g/mol. The molecule has 3 aliphatic rings. The molecule has 0 unspecified atom stereocenters. The molecule has 0 aromatic heterocycles. The van der Waals surface area contributed by atoms with Crippen molar-refractivity contribution in [3.8, 4) is 0 Å². The number of ether oxygens (including phenoxy) is 1. The van der Waals surface area contributed by atoms with E-state index in [0.717, 1.165) is 75.8 Å². The maximum atomic E-state index is 12.6. The lowest BCUT2D eigenvalue weighted by molar-refractivity contribution is 0.0230. The van der Waals surface area contributed by atoms with Crippen molar-refractivity contribution >= 4 is 17.6 Å². The number of ketones is 1. The third-order valence-corrected chi connectivity index (χ3v) is 6.90. The molecule has 6 nitrogen and oxygen atoms in total. The number of rotatable bonds is 6. The maximum absolute atomic E-state index is 12.6. The van der Waals surface area contributed by atoms with Gasteiger partial charge in [-0.25, -0.2) is 4.79 Å². The summed E-state index contributed by atoms with van der Waals surface area (Å²) < 4.78 is 5.83. The minimum absolute atomic E-state index is 0.00353. The van der Waals surface area contributed by atoms with Gasteiger partial charge in [-0.3, -0.25) is 9.69 Å². The topological polar surface area (TPSA) is 53.1 Å². The second-order valence-electron chi connectivity index (χ2n) is 8.90. The van der Waals surface area contributed by atoms with Gasteiger partial charge in [-0.15, -0.1) is 0 Å². The van der Waals surface area contributed by atoms with E-state index in [-0.39, 0.29) is 18.0 Å². The summed E-state index contributed by atoms with van der Waals surface area (Å²) in [5, 5.41) is 0. The van der Waals surface area contributed by atoms with Crippen LogP contribution in [-0.4, -0.2) is 73.1 Å². The second-order valence-corrected chi connectivity index (χ2v) is 8.90. The molecule has 0 spiro atoms. The normalized spacial score (nSPS) is 21.4. The van der Waals surface area contributed by atoms with Crippen molar-refractivity contribution in [2.24, 2.45) is 0 Å². The fraction of sp³-hybridized carbons (Fsp3) is 0.667. The molecule has 1 saturated carbocycles. The van der Waals surface area contributed by atoms with E-state index < -0.39 is 0 Å². The van der Waals surface area contributed by atoms with Crippen molar-refractivity contribution in [1.29, 1.82) is 0 Å². The third-order valence-electron chi connectivity index (χ3n) is 6.90. The van der Waals surface area contributed by atoms with Crippen LogP contribution in [0.2, 0.25) is 0 Å². The van der Waals surface area contributed by atoms with E-state index in [0.29, 0.717) is 6.42 Å². The third kappa shape index (κ3) is 4.97. The molecule has 6 heteroatoms. The molecule has 2 aliphatic heterocycles. The van der Waals surface area contributed by atoms with Crippen LogP contribution < -0.4 is 4.90 Å². The van der Waals surface area contributed by atoms with Crippen LogP contribution in [0.4, 0.5) is 10.5 Å². The lowest BCUT2D eigenvalue weighted by Crippen LogP contribution is -2.54. The lowest BCUT2D eigenvalue weighted by atomic mass is 9.91. The van der Waals surface area contributed by atoms with Gasteiger partial charge in [0, 0.05) is 75.8 Å². The average molecular weight is 414 g/mol. The van der Waals surface area contributed by atoms with E-state index in [1.807, 2.05) is 36.1 Å². The molecule has 1 amide bonds. The Bertz CT molecular complexity index is 716. The standard InChI is InChI=1S/C24H35N3O3/c1-2-4-23(28)19-7-9-21(10-8-19)25-13-11-22(12-14-25)30-24(29)27-17-15-26(16-18-27)20-5-3-6-20/h7-10,20,22H,2-6,11-18H2,1H3. The number of amides is 1. The summed E-state index contributed by atoms with van der Waals surface area (Å²) in [4.78, 5) is 31.3. The van der Waals surface area contributed by atoms with Crippen molar-refractivity contribution in [2.75, 3.05) is 44.2 Å². The van der Waals surface area contributed by atoms with E-state index in [2.05, 4.69) is 9.80 Å². The summed E-state index contributed by atoms with van der Waals surface area (Å²) >= 11 is 0. The first-order chi connectivity index (χ1) is 14.6. The van der Waals surface area contributed by atoms with Gasteiger partial charge in [-0.05, 0) is 43.5 Å². The highest BCUT2D eigenvalue weighted by Crippen LogP contribution is 2.26. The number of nitrogens with zero attached hydrogens (tertiary/aromatic N) is 3. The van der Waals surface area contributed by atoms with Gasteiger partial charge in [-0.2, -0.15) is 0 Å². The van der Waals surface area contributed by atoms with E-state index in [1.54, 1.807) is 0 Å². The number of carbonyl (C=O) groups excluding carboxylic acids is 2. The van der Waals surface area contributed by atoms with Crippen molar-refractivity contribution in [2.45, 2.75) is 64.0 Å². The highest BCUT2D eigenvalue weighted by Gasteiger charge is 2.31. The number of anilines is 1. The number of piperidine rings is 1. The summed E-state index contributed by atoms with van der Waals surface area (Å²) in [7, 11) is 0. The molecular formula is C24H35N3O3. The number of hydrogen-bond acceptors (Lipinski definition) is 5. The Morgan fingerprint density at radius 3 is 2.17 bits per heavy atom. The first-order valence-electron chi connectivity index (χ1n) is 11.7. The van der Waals surface area contributed by atoms with E-state index >= 15 is 0 Å². The zero-order valence-corrected chi connectivity index (χ0v) is 18.2. The molecule has 0 N–H and O–H groups in total. The molecule has 4 rings (SSSR count). The van der Waals surface area contributed by atoms with Gasteiger partial charge < -0.3 is 14.5 Å². The lowest BCUT2D eigenvalue weighted by Gasteiger charge is -2.43. The molecule has 1 aromatic carbocycles. The van der Waals surface area contributed by atoms with Crippen LogP contribution in [0, 0.1) is 0 Å². The molecule has 3 fully saturated rings. The molecule has 0 radical (unpaired) electrons. The van der Waals surface area contributed by atoms with E-state index in [1.165, 1.54) is 19.3 Å². The minimum Gasteiger partial charge on any atom is -0.446 e. The largest absolute Gasteiger partial charge is 0.446 e. The Morgan fingerprint density at radius 1 is 0.933 bits per heavy atom. The number of Topliss-reactive ketones (excluding diaryl/α,β-unsaturated/α-hetero) is 1. The zero-order valence-electron chi connectivity index (χ0n) is 18.2. The van der Waals surface area contributed by atoms with Gasteiger partial charge in [0.15, 0.2) is 5.78 Å². The molecule has 1 aliphatic carbocycles. The fourth-order valence-electron chi connectivity index (χ4n) is 4.70. The number of carbonyl (C=O) groups is 2. The predicted octanol–water partition coefficient (Wildman–Crippen LogP) is 3.94. The zero-order chi connectivity index (χ0) is 20.9. The Kier molecular flexibility index (Phi) is 6.93. The van der Waals surface area contributed by atoms with Crippen LogP contribution in [0.5, 0.6) is 0 Å². The maximum Gasteiger partial charge on any atom is 0.410 e. The second kappa shape index (κ2) is 9.82. The van der Waals surface area contributed by atoms with Gasteiger partial charge in [0.05, 0.1) is 0 Å². The molecule has 2 saturated heterocycles. The fourth-order valence-corrected chi connectivity index (χ4v) is 4.70. The number of benzene rings is 1. The molecule has 0 bridgehead atoms. The summed E-state index contributed by atoms with van der Waals surface area (Å²) in [6.45, 7) is 7.31. The van der Waals surface area contributed by atoms with Crippen LogP contribution in [0.15, 0.2) is 24.3 Å². The molecule has 0 atom stereocenters. The Labute approximate surface area is 180 Å². The van der Waals surface area contributed by atoms with Crippen LogP contribution in [0.1, 0.15) is 62.2 Å². The predicted molar refractivity (Wildman–Crippen MR) is 118 cm³/mol. The average Bonchev–Trinajstić information content (AvgIpc) is 2.74. The van der Waals surface area contributed by atoms with Gasteiger partial charge >= 0.3 is 6.09 Å². The van der Waals surface area contributed by atoms with Crippen LogP contribution >= 0.6 is 0 Å². The van der Waals surface area contributed by atoms with Gasteiger partial charge in [0.25, 0.3) is 0 Å². The minimum atomic E-state index is -0.138. The Balaban J connectivity index is 1.20. The summed E-state index contributed by atoms with van der Waals surface area (Å²) in [6, 6.07) is 8.70. The van der Waals surface area contributed by atoms with E-state index in [9.17, 15) is 9.59 Å². The quantitative estimate of drug-likeness (QED) is 0.661. The summed E-state index contributed by atoms with van der Waals surface area (Å²) in [6.07, 6.45) is 7.04. The van der Waals surface area contributed by atoms with Gasteiger partial charge in [-0.1, -0.05) is 13.3 Å². The van der Waals surface area contributed by atoms with Crippen LogP contribution in [-0.2, 0) is 4.74 Å².